The SMILES string of the molecule is Cc1ncc(NCCN2CCOCC2)nc1C. The van der Waals surface area contributed by atoms with Gasteiger partial charge in [-0.05, 0) is 13.8 Å². The predicted molar refractivity (Wildman–Crippen MR) is 67.3 cm³/mol. The van der Waals surface area contributed by atoms with E-state index in [1.807, 2.05) is 13.8 Å². The highest BCUT2D eigenvalue weighted by atomic mass is 16.5. The molecule has 0 atom stereocenters. The number of nitrogens with zero attached hydrogens (tertiary/aromatic N) is 3. The summed E-state index contributed by atoms with van der Waals surface area (Å²) in [5.74, 6) is 0.862. The number of hydrogen-bond donors (Lipinski definition) is 1. The van der Waals surface area contributed by atoms with Crippen molar-refractivity contribution in [3.05, 3.63) is 17.6 Å². The quantitative estimate of drug-likeness (QED) is 0.839. The summed E-state index contributed by atoms with van der Waals surface area (Å²) in [6.07, 6.45) is 1.79. The van der Waals surface area contributed by atoms with E-state index < -0.39 is 0 Å². The Hall–Kier alpha value is -1.20. The molecule has 1 aromatic rings. The number of ether oxygens (including phenoxy) is 1. The van der Waals surface area contributed by atoms with Crippen LogP contribution in [-0.4, -0.2) is 54.3 Å². The molecule has 0 bridgehead atoms. The summed E-state index contributed by atoms with van der Waals surface area (Å²) in [7, 11) is 0. The first-order chi connectivity index (χ1) is 8.25. The summed E-state index contributed by atoms with van der Waals surface area (Å²) in [4.78, 5) is 11.1. The number of morpholine rings is 1. The van der Waals surface area contributed by atoms with Gasteiger partial charge < -0.3 is 10.1 Å². The Labute approximate surface area is 102 Å². The van der Waals surface area contributed by atoms with Crippen molar-refractivity contribution in [2.24, 2.45) is 0 Å². The van der Waals surface area contributed by atoms with Crippen LogP contribution < -0.4 is 5.32 Å². The number of nitrogens with one attached hydrogen (secondary N) is 1. The van der Waals surface area contributed by atoms with Crippen molar-refractivity contribution in [1.29, 1.82) is 0 Å². The molecule has 1 aliphatic rings. The first-order valence-electron chi connectivity index (χ1n) is 6.10. The summed E-state index contributed by atoms with van der Waals surface area (Å²) in [5.41, 5.74) is 1.98. The van der Waals surface area contributed by atoms with Gasteiger partial charge in [-0.1, -0.05) is 0 Å². The van der Waals surface area contributed by atoms with Gasteiger partial charge >= 0.3 is 0 Å². The Kier molecular flexibility index (Phi) is 4.28. The monoisotopic (exact) mass is 236 g/mol. The van der Waals surface area contributed by atoms with Gasteiger partial charge in [0, 0.05) is 26.2 Å². The lowest BCUT2D eigenvalue weighted by Gasteiger charge is -2.26. The maximum atomic E-state index is 5.31. The van der Waals surface area contributed by atoms with E-state index in [2.05, 4.69) is 20.2 Å². The summed E-state index contributed by atoms with van der Waals surface area (Å²) in [5, 5.41) is 3.30. The van der Waals surface area contributed by atoms with Crippen molar-refractivity contribution in [1.82, 2.24) is 14.9 Å². The molecule has 1 N–H and O–H groups in total. The molecule has 94 valence electrons. The highest BCUT2D eigenvalue weighted by Crippen LogP contribution is 2.05. The van der Waals surface area contributed by atoms with Gasteiger partial charge in [0.05, 0.1) is 30.8 Å². The third-order valence-corrected chi connectivity index (χ3v) is 3.03. The second-order valence-corrected chi connectivity index (χ2v) is 4.31. The van der Waals surface area contributed by atoms with Crippen molar-refractivity contribution in [2.75, 3.05) is 44.7 Å². The zero-order chi connectivity index (χ0) is 12.1. The molecule has 0 amide bonds. The summed E-state index contributed by atoms with van der Waals surface area (Å²) >= 11 is 0. The molecular weight excluding hydrogens is 216 g/mol. The molecule has 1 saturated heterocycles. The first kappa shape index (κ1) is 12.3. The summed E-state index contributed by atoms with van der Waals surface area (Å²) < 4.78 is 5.31. The van der Waals surface area contributed by atoms with Crippen molar-refractivity contribution >= 4 is 5.82 Å². The molecular formula is C12H20N4O. The average Bonchev–Trinajstić information content (AvgIpc) is 2.35. The molecule has 5 heteroatoms. The van der Waals surface area contributed by atoms with E-state index in [9.17, 15) is 0 Å². The van der Waals surface area contributed by atoms with Crippen LogP contribution in [0.5, 0.6) is 0 Å². The van der Waals surface area contributed by atoms with Crippen molar-refractivity contribution in [3.8, 4) is 0 Å². The predicted octanol–water partition coefficient (Wildman–Crippen LogP) is 0.838. The van der Waals surface area contributed by atoms with E-state index in [1.54, 1.807) is 6.20 Å². The van der Waals surface area contributed by atoms with Crippen molar-refractivity contribution < 1.29 is 4.74 Å². The molecule has 1 fully saturated rings. The molecule has 2 heterocycles. The molecule has 0 saturated carbocycles. The van der Waals surface area contributed by atoms with Gasteiger partial charge in [-0.3, -0.25) is 9.88 Å². The van der Waals surface area contributed by atoms with E-state index in [0.29, 0.717) is 0 Å². The fourth-order valence-corrected chi connectivity index (χ4v) is 1.79. The van der Waals surface area contributed by atoms with E-state index in [-0.39, 0.29) is 0 Å². The van der Waals surface area contributed by atoms with E-state index in [0.717, 1.165) is 56.6 Å². The molecule has 1 aliphatic heterocycles. The van der Waals surface area contributed by atoms with Gasteiger partial charge in [-0.2, -0.15) is 0 Å². The number of rotatable bonds is 4. The molecule has 2 rings (SSSR count). The zero-order valence-electron chi connectivity index (χ0n) is 10.6. The average molecular weight is 236 g/mol. The zero-order valence-corrected chi connectivity index (χ0v) is 10.6. The van der Waals surface area contributed by atoms with E-state index in [4.69, 9.17) is 4.74 Å². The molecule has 5 nitrogen and oxygen atoms in total. The Morgan fingerprint density at radius 2 is 2.06 bits per heavy atom. The molecule has 0 aliphatic carbocycles. The largest absolute Gasteiger partial charge is 0.379 e. The number of aryl methyl sites for hydroxylation is 2. The summed E-state index contributed by atoms with van der Waals surface area (Å²) in [6, 6.07) is 0. The highest BCUT2D eigenvalue weighted by molar-refractivity contribution is 5.33. The van der Waals surface area contributed by atoms with Crippen LogP contribution in [0.4, 0.5) is 5.82 Å². The lowest BCUT2D eigenvalue weighted by atomic mass is 10.3. The van der Waals surface area contributed by atoms with Crippen molar-refractivity contribution in [3.63, 3.8) is 0 Å². The molecule has 0 radical (unpaired) electrons. The topological polar surface area (TPSA) is 50.3 Å². The van der Waals surface area contributed by atoms with Gasteiger partial charge in [0.15, 0.2) is 0 Å². The van der Waals surface area contributed by atoms with Gasteiger partial charge in [-0.15, -0.1) is 0 Å². The van der Waals surface area contributed by atoms with Crippen LogP contribution in [-0.2, 0) is 4.74 Å². The minimum atomic E-state index is 0.851. The lowest BCUT2D eigenvalue weighted by molar-refractivity contribution is 0.0398. The number of aromatic nitrogens is 2. The second-order valence-electron chi connectivity index (χ2n) is 4.31. The van der Waals surface area contributed by atoms with Gasteiger partial charge in [0.2, 0.25) is 0 Å². The Morgan fingerprint density at radius 3 is 2.76 bits per heavy atom. The minimum absolute atomic E-state index is 0.851. The fraction of sp³-hybridized carbons (Fsp3) is 0.667. The maximum absolute atomic E-state index is 5.31. The first-order valence-corrected chi connectivity index (χ1v) is 6.10. The Bertz CT molecular complexity index is 364. The van der Waals surface area contributed by atoms with E-state index >= 15 is 0 Å². The normalized spacial score (nSPS) is 17.1. The van der Waals surface area contributed by atoms with Crippen LogP contribution in [0.25, 0.3) is 0 Å². The van der Waals surface area contributed by atoms with Gasteiger partial charge in [-0.25, -0.2) is 4.98 Å². The smallest absolute Gasteiger partial charge is 0.144 e. The highest BCUT2D eigenvalue weighted by Gasteiger charge is 2.09. The Morgan fingerprint density at radius 1 is 1.29 bits per heavy atom. The molecule has 1 aromatic heterocycles. The third-order valence-electron chi connectivity index (χ3n) is 3.03. The number of hydrogen-bond acceptors (Lipinski definition) is 5. The summed E-state index contributed by atoms with van der Waals surface area (Å²) in [6.45, 7) is 9.64. The second kappa shape index (κ2) is 5.93. The van der Waals surface area contributed by atoms with Gasteiger partial charge in [0.1, 0.15) is 5.82 Å². The molecule has 0 unspecified atom stereocenters. The lowest BCUT2D eigenvalue weighted by Crippen LogP contribution is -2.39. The van der Waals surface area contributed by atoms with Crippen LogP contribution in [0.15, 0.2) is 6.20 Å². The fourth-order valence-electron chi connectivity index (χ4n) is 1.79. The van der Waals surface area contributed by atoms with Crippen LogP contribution in [0, 0.1) is 13.8 Å². The van der Waals surface area contributed by atoms with Crippen LogP contribution in [0.3, 0.4) is 0 Å². The van der Waals surface area contributed by atoms with Crippen LogP contribution in [0.2, 0.25) is 0 Å². The van der Waals surface area contributed by atoms with Gasteiger partial charge in [0.25, 0.3) is 0 Å². The van der Waals surface area contributed by atoms with Crippen LogP contribution in [0.1, 0.15) is 11.4 Å². The standard InChI is InChI=1S/C12H20N4O/c1-10-11(2)15-12(9-14-10)13-3-4-16-5-7-17-8-6-16/h9H,3-8H2,1-2H3,(H,13,15). The molecule has 17 heavy (non-hydrogen) atoms. The molecule has 0 aromatic carbocycles. The third kappa shape index (κ3) is 3.64. The van der Waals surface area contributed by atoms with Crippen molar-refractivity contribution in [2.45, 2.75) is 13.8 Å². The van der Waals surface area contributed by atoms with Crippen LogP contribution >= 0.6 is 0 Å². The maximum Gasteiger partial charge on any atom is 0.144 e. The molecule has 0 spiro atoms. The Balaban J connectivity index is 1.75. The van der Waals surface area contributed by atoms with E-state index in [1.165, 1.54) is 0 Å². The number of anilines is 1. The minimum Gasteiger partial charge on any atom is -0.379 e.